The Hall–Kier alpha value is -1.89. The van der Waals surface area contributed by atoms with E-state index in [9.17, 15) is 23.8 Å². The second-order valence-electron chi connectivity index (χ2n) is 3.57. The summed E-state index contributed by atoms with van der Waals surface area (Å²) in [4.78, 5) is 12.6. The summed E-state index contributed by atoms with van der Waals surface area (Å²) in [5, 5.41) is 27.4. The van der Waals surface area contributed by atoms with Crippen molar-refractivity contribution in [2.45, 2.75) is 6.43 Å². The molecule has 1 amide bonds. The van der Waals surface area contributed by atoms with Gasteiger partial charge in [0.1, 0.15) is 11.5 Å². The number of carbonyl (C=O) groups is 1. The van der Waals surface area contributed by atoms with Crippen molar-refractivity contribution in [1.29, 1.82) is 0 Å². The molecule has 0 unspecified atom stereocenters. The van der Waals surface area contributed by atoms with Crippen LogP contribution in [0, 0.1) is 0 Å². The molecule has 1 aromatic rings. The summed E-state index contributed by atoms with van der Waals surface area (Å²) in [6.07, 6.45) is -2.75. The highest BCUT2D eigenvalue weighted by atomic mass is 19.3. The van der Waals surface area contributed by atoms with Gasteiger partial charge in [-0.25, -0.2) is 8.78 Å². The molecule has 18 heavy (non-hydrogen) atoms. The number of benzene rings is 1. The average Bonchev–Trinajstić information content (AvgIpc) is 2.30. The number of phenolic OH excluding ortho intramolecular Hbond substituents is 2. The predicted octanol–water partition coefficient (Wildman–Crippen LogP) is 0.797. The maximum absolute atomic E-state index is 12.3. The molecule has 0 saturated carbocycles. The van der Waals surface area contributed by atoms with Gasteiger partial charge < -0.3 is 20.2 Å². The largest absolute Gasteiger partial charge is 0.508 e. The lowest BCUT2D eigenvalue weighted by atomic mass is 10.1. The second-order valence-corrected chi connectivity index (χ2v) is 3.57. The van der Waals surface area contributed by atoms with Crippen molar-refractivity contribution in [3.63, 3.8) is 0 Å². The van der Waals surface area contributed by atoms with Crippen LogP contribution in [0.5, 0.6) is 11.5 Å². The molecule has 3 N–H and O–H groups in total. The highest BCUT2D eigenvalue weighted by molar-refractivity contribution is 5.97. The molecule has 100 valence electrons. The molecule has 1 aromatic carbocycles. The Kier molecular flexibility index (Phi) is 4.85. The van der Waals surface area contributed by atoms with Crippen LogP contribution in [0.1, 0.15) is 10.4 Å². The zero-order chi connectivity index (χ0) is 13.7. The van der Waals surface area contributed by atoms with Gasteiger partial charge in [-0.3, -0.25) is 4.79 Å². The van der Waals surface area contributed by atoms with Crippen molar-refractivity contribution < 1.29 is 28.9 Å². The van der Waals surface area contributed by atoms with Crippen LogP contribution < -0.4 is 0 Å². The van der Waals surface area contributed by atoms with E-state index >= 15 is 0 Å². The molecular weight excluding hydrogens is 248 g/mol. The minimum atomic E-state index is -2.75. The highest BCUT2D eigenvalue weighted by Gasteiger charge is 2.22. The lowest BCUT2D eigenvalue weighted by Crippen LogP contribution is -2.37. The molecule has 0 aliphatic rings. The van der Waals surface area contributed by atoms with E-state index in [1.165, 1.54) is 0 Å². The number of aliphatic hydroxyl groups excluding tert-OH is 1. The van der Waals surface area contributed by atoms with Gasteiger partial charge in [-0.15, -0.1) is 0 Å². The van der Waals surface area contributed by atoms with E-state index in [0.717, 1.165) is 18.2 Å². The van der Waals surface area contributed by atoms with E-state index in [-0.39, 0.29) is 17.9 Å². The van der Waals surface area contributed by atoms with Gasteiger partial charge in [0.15, 0.2) is 0 Å². The molecule has 0 bridgehead atoms. The van der Waals surface area contributed by atoms with Crippen LogP contribution >= 0.6 is 0 Å². The van der Waals surface area contributed by atoms with Gasteiger partial charge in [0.25, 0.3) is 12.3 Å². The Morgan fingerprint density at radius 1 is 1.33 bits per heavy atom. The van der Waals surface area contributed by atoms with Crippen molar-refractivity contribution in [3.8, 4) is 11.5 Å². The molecule has 0 saturated heterocycles. The van der Waals surface area contributed by atoms with Gasteiger partial charge in [-0.2, -0.15) is 0 Å². The zero-order valence-electron chi connectivity index (χ0n) is 9.38. The van der Waals surface area contributed by atoms with Crippen molar-refractivity contribution >= 4 is 5.91 Å². The molecular formula is C11H13F2NO4. The summed E-state index contributed by atoms with van der Waals surface area (Å²) in [5.74, 6) is -1.56. The van der Waals surface area contributed by atoms with Crippen molar-refractivity contribution in [1.82, 2.24) is 4.90 Å². The van der Waals surface area contributed by atoms with Crippen LogP contribution in [0.3, 0.4) is 0 Å². The second kappa shape index (κ2) is 6.15. The molecule has 0 heterocycles. The summed E-state index contributed by atoms with van der Waals surface area (Å²) >= 11 is 0. The number of phenols is 2. The van der Waals surface area contributed by atoms with Crippen molar-refractivity contribution in [2.75, 3.05) is 19.7 Å². The number of aromatic hydroxyl groups is 2. The molecule has 0 spiro atoms. The SMILES string of the molecule is O=C(c1cc(O)ccc1O)N(CCO)CC(F)F. The van der Waals surface area contributed by atoms with Crippen LogP contribution in [0.15, 0.2) is 18.2 Å². The lowest BCUT2D eigenvalue weighted by molar-refractivity contribution is 0.0506. The quantitative estimate of drug-likeness (QED) is 0.685. The summed E-state index contributed by atoms with van der Waals surface area (Å²) in [7, 11) is 0. The van der Waals surface area contributed by atoms with Crippen LogP contribution in [0.25, 0.3) is 0 Å². The van der Waals surface area contributed by atoms with Crippen LogP contribution in [0.4, 0.5) is 8.78 Å². The highest BCUT2D eigenvalue weighted by Crippen LogP contribution is 2.23. The minimum absolute atomic E-state index is 0.267. The molecule has 0 fully saturated rings. The standard InChI is InChI=1S/C11H13F2NO4/c12-10(13)6-14(3-4-15)11(18)8-5-7(16)1-2-9(8)17/h1-2,5,10,15-17H,3-4,6H2. The fourth-order valence-corrected chi connectivity index (χ4v) is 1.43. The Labute approximate surface area is 102 Å². The summed E-state index contributed by atoms with van der Waals surface area (Å²) < 4.78 is 24.6. The van der Waals surface area contributed by atoms with Crippen molar-refractivity contribution in [2.24, 2.45) is 0 Å². The fraction of sp³-hybridized carbons (Fsp3) is 0.364. The maximum atomic E-state index is 12.3. The fourth-order valence-electron chi connectivity index (χ4n) is 1.43. The van der Waals surface area contributed by atoms with Crippen LogP contribution in [0.2, 0.25) is 0 Å². The Bertz CT molecular complexity index is 426. The number of hydrogen-bond acceptors (Lipinski definition) is 4. The summed E-state index contributed by atoms with van der Waals surface area (Å²) in [6, 6.07) is 3.23. The lowest BCUT2D eigenvalue weighted by Gasteiger charge is -2.21. The third kappa shape index (κ3) is 3.56. The first kappa shape index (κ1) is 14.2. The van der Waals surface area contributed by atoms with Gasteiger partial charge in [-0.1, -0.05) is 0 Å². The molecule has 0 radical (unpaired) electrons. The van der Waals surface area contributed by atoms with Gasteiger partial charge in [0.2, 0.25) is 0 Å². The Morgan fingerprint density at radius 3 is 2.56 bits per heavy atom. The molecule has 0 aliphatic carbocycles. The molecule has 0 aromatic heterocycles. The minimum Gasteiger partial charge on any atom is -0.508 e. The molecule has 0 aliphatic heterocycles. The smallest absolute Gasteiger partial charge is 0.258 e. The molecule has 0 atom stereocenters. The van der Waals surface area contributed by atoms with Gasteiger partial charge in [-0.05, 0) is 18.2 Å². The number of hydrogen-bond donors (Lipinski definition) is 3. The number of amides is 1. The van der Waals surface area contributed by atoms with E-state index in [1.807, 2.05) is 0 Å². The molecule has 1 rings (SSSR count). The van der Waals surface area contributed by atoms with Crippen LogP contribution in [-0.2, 0) is 0 Å². The van der Waals surface area contributed by atoms with Crippen molar-refractivity contribution in [3.05, 3.63) is 23.8 Å². The number of carbonyl (C=O) groups excluding carboxylic acids is 1. The van der Waals surface area contributed by atoms with E-state index in [4.69, 9.17) is 5.11 Å². The number of halogens is 2. The van der Waals surface area contributed by atoms with Gasteiger partial charge in [0.05, 0.1) is 18.7 Å². The number of aliphatic hydroxyl groups is 1. The van der Waals surface area contributed by atoms with E-state index in [2.05, 4.69) is 0 Å². The van der Waals surface area contributed by atoms with Gasteiger partial charge >= 0.3 is 0 Å². The first-order valence-electron chi connectivity index (χ1n) is 5.16. The van der Waals surface area contributed by atoms with E-state index < -0.39 is 31.2 Å². The first-order chi connectivity index (χ1) is 8.45. The van der Waals surface area contributed by atoms with E-state index in [0.29, 0.717) is 4.90 Å². The Morgan fingerprint density at radius 2 is 2.00 bits per heavy atom. The predicted molar refractivity (Wildman–Crippen MR) is 58.8 cm³/mol. The zero-order valence-corrected chi connectivity index (χ0v) is 9.38. The summed E-state index contributed by atoms with van der Waals surface area (Å²) in [5.41, 5.74) is -0.288. The topological polar surface area (TPSA) is 81.0 Å². The Balaban J connectivity index is 2.97. The maximum Gasteiger partial charge on any atom is 0.258 e. The van der Waals surface area contributed by atoms with Gasteiger partial charge in [0, 0.05) is 6.54 Å². The van der Waals surface area contributed by atoms with Crippen LogP contribution in [-0.4, -0.2) is 52.2 Å². The average molecular weight is 261 g/mol. The molecule has 5 nitrogen and oxygen atoms in total. The third-order valence-electron chi connectivity index (χ3n) is 2.23. The summed E-state index contributed by atoms with van der Waals surface area (Å²) in [6.45, 7) is -1.61. The first-order valence-corrected chi connectivity index (χ1v) is 5.16. The van der Waals surface area contributed by atoms with E-state index in [1.54, 1.807) is 0 Å². The third-order valence-corrected chi connectivity index (χ3v) is 2.23. The molecule has 7 heteroatoms. The number of alkyl halides is 2. The number of nitrogens with zero attached hydrogens (tertiary/aromatic N) is 1. The monoisotopic (exact) mass is 261 g/mol. The number of rotatable bonds is 5. The normalized spacial score (nSPS) is 10.7.